The number of hydrogen-bond acceptors (Lipinski definition) is 2. The molecule has 3 atom stereocenters. The predicted molar refractivity (Wildman–Crippen MR) is 69.1 cm³/mol. The topological polar surface area (TPSA) is 32.3 Å². The Labute approximate surface area is 107 Å². The molecule has 0 amide bonds. The second-order valence-electron chi connectivity index (χ2n) is 5.38. The van der Waals surface area contributed by atoms with Crippen LogP contribution >= 0.6 is 11.6 Å². The van der Waals surface area contributed by atoms with Crippen LogP contribution in [0.1, 0.15) is 31.2 Å². The molecule has 1 aromatic rings. The van der Waals surface area contributed by atoms with E-state index >= 15 is 0 Å². The van der Waals surface area contributed by atoms with E-state index in [0.717, 1.165) is 24.9 Å². The summed E-state index contributed by atoms with van der Waals surface area (Å²) >= 11 is 6.21. The van der Waals surface area contributed by atoms with Crippen molar-refractivity contribution in [3.63, 3.8) is 0 Å². The van der Waals surface area contributed by atoms with E-state index in [-0.39, 0.29) is 0 Å². The molecule has 17 heavy (non-hydrogen) atoms. The lowest BCUT2D eigenvalue weighted by Crippen LogP contribution is -2.38. The minimum atomic E-state index is -0.731. The van der Waals surface area contributed by atoms with Gasteiger partial charge in [-0.25, -0.2) is 0 Å². The molecule has 0 spiro atoms. The van der Waals surface area contributed by atoms with E-state index in [0.29, 0.717) is 17.0 Å². The summed E-state index contributed by atoms with van der Waals surface area (Å²) in [5.41, 5.74) is 0.170. The number of nitrogens with one attached hydrogen (secondary N) is 1. The van der Waals surface area contributed by atoms with Crippen LogP contribution in [0.25, 0.3) is 0 Å². The van der Waals surface area contributed by atoms with Crippen LogP contribution in [0.15, 0.2) is 24.3 Å². The summed E-state index contributed by atoms with van der Waals surface area (Å²) in [4.78, 5) is 0. The molecule has 2 nitrogen and oxygen atoms in total. The molecule has 1 aliphatic heterocycles. The van der Waals surface area contributed by atoms with Gasteiger partial charge in [-0.05, 0) is 44.2 Å². The Morgan fingerprint density at radius 1 is 1.29 bits per heavy atom. The smallest absolute Gasteiger partial charge is 0.0929 e. The Morgan fingerprint density at radius 3 is 2.88 bits per heavy atom. The van der Waals surface area contributed by atoms with Crippen molar-refractivity contribution in [3.8, 4) is 0 Å². The Hall–Kier alpha value is -0.570. The highest BCUT2D eigenvalue weighted by Crippen LogP contribution is 2.46. The maximum absolute atomic E-state index is 10.8. The van der Waals surface area contributed by atoms with Gasteiger partial charge < -0.3 is 10.4 Å². The van der Waals surface area contributed by atoms with Crippen LogP contribution < -0.4 is 5.32 Å². The van der Waals surface area contributed by atoms with E-state index in [1.54, 1.807) is 0 Å². The van der Waals surface area contributed by atoms with Gasteiger partial charge in [-0.3, -0.25) is 0 Å². The molecule has 1 saturated carbocycles. The monoisotopic (exact) mass is 251 g/mol. The second kappa shape index (κ2) is 4.27. The summed E-state index contributed by atoms with van der Waals surface area (Å²) in [6, 6.07) is 8.15. The third-order valence-electron chi connectivity index (χ3n) is 4.26. The normalized spacial score (nSPS) is 36.8. The zero-order valence-electron chi connectivity index (χ0n) is 9.82. The van der Waals surface area contributed by atoms with Crippen molar-refractivity contribution < 1.29 is 5.11 Å². The van der Waals surface area contributed by atoms with Crippen molar-refractivity contribution in [2.45, 2.75) is 37.3 Å². The lowest BCUT2D eigenvalue weighted by Gasteiger charge is -2.25. The van der Waals surface area contributed by atoms with Gasteiger partial charge in [0.15, 0.2) is 0 Å². The Kier molecular flexibility index (Phi) is 2.89. The molecule has 2 N–H and O–H groups in total. The first-order chi connectivity index (χ1) is 8.19. The molecule has 1 aliphatic carbocycles. The molecule has 1 saturated heterocycles. The third-order valence-corrected chi connectivity index (χ3v) is 4.59. The number of fused-ring (bicyclic) bond motifs is 1. The van der Waals surface area contributed by atoms with Crippen molar-refractivity contribution in [2.24, 2.45) is 5.92 Å². The van der Waals surface area contributed by atoms with Gasteiger partial charge in [0, 0.05) is 16.6 Å². The van der Waals surface area contributed by atoms with Crippen LogP contribution in [0, 0.1) is 5.92 Å². The van der Waals surface area contributed by atoms with Gasteiger partial charge in [-0.2, -0.15) is 0 Å². The zero-order chi connectivity index (χ0) is 11.9. The first-order valence-electron chi connectivity index (χ1n) is 6.40. The van der Waals surface area contributed by atoms with Crippen LogP contribution in [0.3, 0.4) is 0 Å². The van der Waals surface area contributed by atoms with Crippen LogP contribution in [-0.2, 0) is 5.60 Å². The minimum absolute atomic E-state index is 0.463. The molecule has 0 bridgehead atoms. The van der Waals surface area contributed by atoms with Crippen LogP contribution in [-0.4, -0.2) is 17.7 Å². The van der Waals surface area contributed by atoms with E-state index in [1.807, 2.05) is 24.3 Å². The van der Waals surface area contributed by atoms with Crippen LogP contribution in [0.5, 0.6) is 0 Å². The maximum Gasteiger partial charge on any atom is 0.0929 e. The number of benzene rings is 1. The van der Waals surface area contributed by atoms with Crippen molar-refractivity contribution in [1.82, 2.24) is 5.32 Å². The quantitative estimate of drug-likeness (QED) is 0.805. The largest absolute Gasteiger partial charge is 0.385 e. The Bertz CT molecular complexity index is 406. The number of halogens is 1. The van der Waals surface area contributed by atoms with Gasteiger partial charge in [0.1, 0.15) is 0 Å². The summed E-state index contributed by atoms with van der Waals surface area (Å²) < 4.78 is 0. The highest BCUT2D eigenvalue weighted by atomic mass is 35.5. The first kappa shape index (κ1) is 11.5. The van der Waals surface area contributed by atoms with E-state index in [4.69, 9.17) is 11.6 Å². The molecule has 92 valence electrons. The number of rotatable bonds is 1. The fraction of sp³-hybridized carbons (Fsp3) is 0.571. The summed E-state index contributed by atoms with van der Waals surface area (Å²) in [7, 11) is 0. The van der Waals surface area contributed by atoms with E-state index in [2.05, 4.69) is 5.32 Å². The van der Waals surface area contributed by atoms with Crippen molar-refractivity contribution in [2.75, 3.05) is 6.54 Å². The average molecular weight is 252 g/mol. The lowest BCUT2D eigenvalue weighted by molar-refractivity contribution is 0.0390. The Morgan fingerprint density at radius 2 is 2.12 bits per heavy atom. The summed E-state index contributed by atoms with van der Waals surface area (Å²) in [5.74, 6) is 0.602. The molecule has 0 aromatic heterocycles. The highest BCUT2D eigenvalue weighted by molar-refractivity contribution is 6.31. The Balaban J connectivity index is 1.90. The average Bonchev–Trinajstić information content (AvgIpc) is 2.66. The van der Waals surface area contributed by atoms with E-state index in [9.17, 15) is 5.11 Å². The highest BCUT2D eigenvalue weighted by Gasteiger charge is 2.46. The van der Waals surface area contributed by atoms with Crippen molar-refractivity contribution in [3.05, 3.63) is 34.9 Å². The van der Waals surface area contributed by atoms with Crippen molar-refractivity contribution >= 4 is 11.6 Å². The van der Waals surface area contributed by atoms with Gasteiger partial charge in [-0.15, -0.1) is 0 Å². The SMILES string of the molecule is OC1(c2ccccc2Cl)CC2CCCNC2C1. The van der Waals surface area contributed by atoms with Gasteiger partial charge in [0.2, 0.25) is 0 Å². The summed E-state index contributed by atoms with van der Waals surface area (Å²) in [6.45, 7) is 1.08. The molecule has 3 rings (SSSR count). The van der Waals surface area contributed by atoms with Gasteiger partial charge in [0.05, 0.1) is 5.60 Å². The summed E-state index contributed by atoms with van der Waals surface area (Å²) in [5, 5.41) is 15.1. The van der Waals surface area contributed by atoms with E-state index < -0.39 is 5.60 Å². The molecule has 2 fully saturated rings. The maximum atomic E-state index is 10.8. The number of hydrogen-bond donors (Lipinski definition) is 2. The standard InChI is InChI=1S/C14H18ClNO/c15-12-6-2-1-5-11(12)14(17)8-10-4-3-7-16-13(10)9-14/h1-2,5-6,10,13,16-17H,3-4,7-9H2. The number of piperidine rings is 1. The van der Waals surface area contributed by atoms with Crippen LogP contribution in [0.4, 0.5) is 0 Å². The van der Waals surface area contributed by atoms with E-state index in [1.165, 1.54) is 12.8 Å². The van der Waals surface area contributed by atoms with Crippen LogP contribution in [0.2, 0.25) is 5.02 Å². The number of aliphatic hydroxyl groups is 1. The fourth-order valence-corrected chi connectivity index (χ4v) is 3.75. The van der Waals surface area contributed by atoms with Gasteiger partial charge >= 0.3 is 0 Å². The van der Waals surface area contributed by atoms with Gasteiger partial charge in [-0.1, -0.05) is 29.8 Å². The molecule has 0 radical (unpaired) electrons. The molecule has 3 unspecified atom stereocenters. The zero-order valence-corrected chi connectivity index (χ0v) is 10.6. The third kappa shape index (κ3) is 1.99. The lowest BCUT2D eigenvalue weighted by atomic mass is 9.90. The molecule has 1 aromatic carbocycles. The molecule has 3 heteroatoms. The van der Waals surface area contributed by atoms with Gasteiger partial charge in [0.25, 0.3) is 0 Å². The summed E-state index contributed by atoms with van der Waals surface area (Å²) in [6.07, 6.45) is 4.08. The molecule has 2 aliphatic rings. The fourth-order valence-electron chi connectivity index (χ4n) is 3.44. The second-order valence-corrected chi connectivity index (χ2v) is 5.79. The molecular weight excluding hydrogens is 234 g/mol. The first-order valence-corrected chi connectivity index (χ1v) is 6.78. The minimum Gasteiger partial charge on any atom is -0.385 e. The molecule has 1 heterocycles. The predicted octanol–water partition coefficient (Wildman–Crippen LogP) is 2.69. The molecular formula is C14H18ClNO. The van der Waals surface area contributed by atoms with Crippen molar-refractivity contribution in [1.29, 1.82) is 0 Å².